The van der Waals surface area contributed by atoms with Gasteiger partial charge in [0.15, 0.2) is 21.9 Å². The van der Waals surface area contributed by atoms with Crippen LogP contribution in [0.4, 0.5) is 5.69 Å². The van der Waals surface area contributed by atoms with E-state index in [1.807, 2.05) is 0 Å². The van der Waals surface area contributed by atoms with Crippen molar-refractivity contribution in [3.8, 4) is 17.2 Å². The Kier molecular flexibility index (Phi) is 4.74. The summed E-state index contributed by atoms with van der Waals surface area (Å²) in [6.07, 6.45) is 0. The Morgan fingerprint density at radius 3 is 2.14 bits per heavy atom. The molecule has 0 bridgehead atoms. The Bertz CT molecular complexity index is 628. The zero-order chi connectivity index (χ0) is 15.4. The zero-order valence-electron chi connectivity index (χ0n) is 11.7. The lowest BCUT2D eigenvalue weighted by atomic mass is 10.2. The minimum Gasteiger partial charge on any atom is -0.493 e. The molecule has 2 rings (SSSR count). The van der Waals surface area contributed by atoms with Gasteiger partial charge < -0.3 is 23.9 Å². The molecule has 112 valence electrons. The summed E-state index contributed by atoms with van der Waals surface area (Å²) >= 11 is 3.15. The maximum Gasteiger partial charge on any atom is 0.291 e. The minimum atomic E-state index is -0.380. The Hall–Kier alpha value is -2.15. The fourth-order valence-electron chi connectivity index (χ4n) is 1.78. The van der Waals surface area contributed by atoms with E-state index < -0.39 is 0 Å². The number of benzene rings is 1. The molecule has 0 spiro atoms. The second-order valence-electron chi connectivity index (χ2n) is 3.97. The molecule has 0 aliphatic rings. The van der Waals surface area contributed by atoms with E-state index in [9.17, 15) is 4.79 Å². The first-order valence-electron chi connectivity index (χ1n) is 5.95. The van der Waals surface area contributed by atoms with Crippen molar-refractivity contribution in [1.82, 2.24) is 0 Å². The zero-order valence-corrected chi connectivity index (χ0v) is 13.3. The molecule has 0 aliphatic carbocycles. The molecular formula is C14H14BrNO5. The molecule has 0 unspecified atom stereocenters. The van der Waals surface area contributed by atoms with Crippen molar-refractivity contribution in [2.45, 2.75) is 0 Å². The minimum absolute atomic E-state index is 0.190. The maximum absolute atomic E-state index is 12.0. The number of hydrogen-bond donors (Lipinski definition) is 1. The SMILES string of the molecule is COc1cc(NC(=O)c2ccc(Br)o2)cc(OC)c1OC. The van der Waals surface area contributed by atoms with E-state index in [2.05, 4.69) is 21.2 Å². The number of carbonyl (C=O) groups excluding carboxylic acids is 1. The van der Waals surface area contributed by atoms with Crippen molar-refractivity contribution >= 4 is 27.5 Å². The van der Waals surface area contributed by atoms with E-state index in [0.29, 0.717) is 27.6 Å². The molecule has 1 heterocycles. The van der Waals surface area contributed by atoms with Gasteiger partial charge in [0.05, 0.1) is 21.3 Å². The highest BCUT2D eigenvalue weighted by Gasteiger charge is 2.16. The standard InChI is InChI=1S/C14H14BrNO5/c1-18-10-6-8(7-11(19-2)13(10)20-3)16-14(17)9-4-5-12(15)21-9/h4-7H,1-3H3,(H,16,17). The summed E-state index contributed by atoms with van der Waals surface area (Å²) in [6.45, 7) is 0. The number of hydrogen-bond acceptors (Lipinski definition) is 5. The van der Waals surface area contributed by atoms with Crippen LogP contribution in [0.3, 0.4) is 0 Å². The van der Waals surface area contributed by atoms with Gasteiger partial charge in [-0.15, -0.1) is 0 Å². The molecule has 0 radical (unpaired) electrons. The lowest BCUT2D eigenvalue weighted by Gasteiger charge is -2.14. The Morgan fingerprint density at radius 2 is 1.71 bits per heavy atom. The first-order valence-corrected chi connectivity index (χ1v) is 6.75. The highest BCUT2D eigenvalue weighted by Crippen LogP contribution is 2.40. The number of amides is 1. The molecule has 1 aromatic heterocycles. The largest absolute Gasteiger partial charge is 0.493 e. The van der Waals surface area contributed by atoms with Crippen molar-refractivity contribution < 1.29 is 23.4 Å². The molecule has 1 N–H and O–H groups in total. The van der Waals surface area contributed by atoms with Gasteiger partial charge in [-0.05, 0) is 28.1 Å². The van der Waals surface area contributed by atoms with Crippen LogP contribution >= 0.6 is 15.9 Å². The van der Waals surface area contributed by atoms with Crippen LogP contribution in [0.25, 0.3) is 0 Å². The highest BCUT2D eigenvalue weighted by atomic mass is 79.9. The average Bonchev–Trinajstić information content (AvgIpc) is 2.92. The number of ether oxygens (including phenoxy) is 3. The third-order valence-electron chi connectivity index (χ3n) is 2.72. The van der Waals surface area contributed by atoms with E-state index in [-0.39, 0.29) is 11.7 Å². The maximum atomic E-state index is 12.0. The molecular weight excluding hydrogens is 342 g/mol. The van der Waals surface area contributed by atoms with Crippen molar-refractivity contribution in [1.29, 1.82) is 0 Å². The van der Waals surface area contributed by atoms with Crippen LogP contribution in [0.1, 0.15) is 10.6 Å². The van der Waals surface area contributed by atoms with Crippen molar-refractivity contribution in [3.63, 3.8) is 0 Å². The Balaban J connectivity index is 2.29. The fraction of sp³-hybridized carbons (Fsp3) is 0.214. The van der Waals surface area contributed by atoms with E-state index in [1.165, 1.54) is 21.3 Å². The fourth-order valence-corrected chi connectivity index (χ4v) is 2.09. The van der Waals surface area contributed by atoms with Crippen molar-refractivity contribution in [2.75, 3.05) is 26.6 Å². The summed E-state index contributed by atoms with van der Waals surface area (Å²) in [7, 11) is 4.53. The summed E-state index contributed by atoms with van der Waals surface area (Å²) in [5.74, 6) is 1.17. The van der Waals surface area contributed by atoms with E-state index >= 15 is 0 Å². The van der Waals surface area contributed by atoms with E-state index in [1.54, 1.807) is 24.3 Å². The first-order chi connectivity index (χ1) is 10.1. The lowest BCUT2D eigenvalue weighted by Crippen LogP contribution is -2.11. The summed E-state index contributed by atoms with van der Waals surface area (Å²) in [5.41, 5.74) is 0.502. The molecule has 1 amide bonds. The van der Waals surface area contributed by atoms with Gasteiger partial charge in [-0.25, -0.2) is 0 Å². The summed E-state index contributed by atoms with van der Waals surface area (Å²) in [6, 6.07) is 6.48. The second kappa shape index (κ2) is 6.53. The normalized spacial score (nSPS) is 10.1. The Morgan fingerprint density at radius 1 is 1.10 bits per heavy atom. The predicted octanol–water partition coefficient (Wildman–Crippen LogP) is 3.32. The van der Waals surface area contributed by atoms with E-state index in [0.717, 1.165) is 0 Å². The number of halogens is 1. The third-order valence-corrected chi connectivity index (χ3v) is 3.15. The first kappa shape index (κ1) is 15.2. The molecule has 21 heavy (non-hydrogen) atoms. The molecule has 6 nitrogen and oxygen atoms in total. The molecule has 7 heteroatoms. The monoisotopic (exact) mass is 355 g/mol. The number of furan rings is 1. The van der Waals surface area contributed by atoms with Crippen molar-refractivity contribution in [3.05, 3.63) is 34.7 Å². The molecule has 1 aromatic carbocycles. The molecule has 0 atom stereocenters. The number of anilines is 1. The topological polar surface area (TPSA) is 69.9 Å². The van der Waals surface area contributed by atoms with Crippen LogP contribution in [-0.4, -0.2) is 27.2 Å². The lowest BCUT2D eigenvalue weighted by molar-refractivity contribution is 0.0995. The van der Waals surface area contributed by atoms with Crippen LogP contribution < -0.4 is 19.5 Å². The van der Waals surface area contributed by atoms with Crippen LogP contribution in [0.15, 0.2) is 33.4 Å². The van der Waals surface area contributed by atoms with Gasteiger partial charge >= 0.3 is 0 Å². The number of methoxy groups -OCH3 is 3. The van der Waals surface area contributed by atoms with Gasteiger partial charge in [-0.2, -0.15) is 0 Å². The Labute approximate surface area is 130 Å². The molecule has 0 fully saturated rings. The van der Waals surface area contributed by atoms with Crippen LogP contribution in [-0.2, 0) is 0 Å². The van der Waals surface area contributed by atoms with Crippen molar-refractivity contribution in [2.24, 2.45) is 0 Å². The summed E-state index contributed by atoms with van der Waals surface area (Å²) < 4.78 is 21.3. The second-order valence-corrected chi connectivity index (χ2v) is 4.75. The smallest absolute Gasteiger partial charge is 0.291 e. The van der Waals surface area contributed by atoms with Gasteiger partial charge in [0.2, 0.25) is 5.75 Å². The van der Waals surface area contributed by atoms with Crippen LogP contribution in [0, 0.1) is 0 Å². The predicted molar refractivity (Wildman–Crippen MR) is 80.5 cm³/mol. The molecule has 0 aliphatic heterocycles. The molecule has 0 saturated carbocycles. The molecule has 0 saturated heterocycles. The van der Waals surface area contributed by atoms with Gasteiger partial charge in [-0.1, -0.05) is 0 Å². The van der Waals surface area contributed by atoms with Crippen LogP contribution in [0.5, 0.6) is 17.2 Å². The van der Waals surface area contributed by atoms with E-state index in [4.69, 9.17) is 18.6 Å². The quantitative estimate of drug-likeness (QED) is 0.890. The van der Waals surface area contributed by atoms with Gasteiger partial charge in [0.25, 0.3) is 5.91 Å². The third kappa shape index (κ3) is 3.30. The van der Waals surface area contributed by atoms with Gasteiger partial charge in [-0.3, -0.25) is 4.79 Å². The summed E-state index contributed by atoms with van der Waals surface area (Å²) in [5, 5.41) is 2.70. The average molecular weight is 356 g/mol. The highest BCUT2D eigenvalue weighted by molar-refractivity contribution is 9.10. The summed E-state index contributed by atoms with van der Waals surface area (Å²) in [4.78, 5) is 12.0. The number of rotatable bonds is 5. The molecule has 2 aromatic rings. The van der Waals surface area contributed by atoms with Gasteiger partial charge in [0.1, 0.15) is 0 Å². The van der Waals surface area contributed by atoms with Gasteiger partial charge in [0, 0.05) is 17.8 Å². The number of nitrogens with one attached hydrogen (secondary N) is 1. The van der Waals surface area contributed by atoms with Crippen LogP contribution in [0.2, 0.25) is 0 Å². The number of carbonyl (C=O) groups is 1.